The standard InChI is InChI=1S/C12H13ClN4O/c13-10-7-15-17(8-10)11(6-12(14)16-18)9-4-2-1-3-5-9/h1-5,7-8,11,18H,6H2,(H2,14,16). The molecular formula is C12H13ClN4O. The van der Waals surface area contributed by atoms with Crippen molar-refractivity contribution in [2.24, 2.45) is 10.9 Å². The molecule has 3 N–H and O–H groups in total. The summed E-state index contributed by atoms with van der Waals surface area (Å²) < 4.78 is 1.70. The lowest BCUT2D eigenvalue weighted by molar-refractivity contribution is 0.315. The number of hydrogen-bond donors (Lipinski definition) is 2. The van der Waals surface area contributed by atoms with E-state index in [0.29, 0.717) is 11.4 Å². The van der Waals surface area contributed by atoms with Crippen LogP contribution in [0.15, 0.2) is 47.9 Å². The highest BCUT2D eigenvalue weighted by molar-refractivity contribution is 6.30. The molecule has 1 aromatic carbocycles. The minimum atomic E-state index is -0.144. The summed E-state index contributed by atoms with van der Waals surface area (Å²) in [6, 6.07) is 9.57. The fourth-order valence-corrected chi connectivity index (χ4v) is 1.91. The zero-order chi connectivity index (χ0) is 13.0. The van der Waals surface area contributed by atoms with Crippen LogP contribution in [0.25, 0.3) is 0 Å². The normalized spacial score (nSPS) is 13.5. The second-order valence-corrected chi connectivity index (χ2v) is 4.30. The minimum absolute atomic E-state index is 0.144. The zero-order valence-corrected chi connectivity index (χ0v) is 10.3. The van der Waals surface area contributed by atoms with Gasteiger partial charge in [-0.15, -0.1) is 0 Å². The number of halogens is 1. The SMILES string of the molecule is NC(CC(c1ccccc1)n1cc(Cl)cn1)=NO. The van der Waals surface area contributed by atoms with Crippen LogP contribution in [0.3, 0.4) is 0 Å². The first-order chi connectivity index (χ1) is 8.70. The summed E-state index contributed by atoms with van der Waals surface area (Å²) in [7, 11) is 0. The molecule has 0 saturated carbocycles. The van der Waals surface area contributed by atoms with Crippen molar-refractivity contribution in [3.05, 3.63) is 53.3 Å². The second-order valence-electron chi connectivity index (χ2n) is 3.86. The third-order valence-corrected chi connectivity index (χ3v) is 2.80. The molecule has 0 aliphatic heterocycles. The molecule has 5 nitrogen and oxygen atoms in total. The minimum Gasteiger partial charge on any atom is -0.409 e. The van der Waals surface area contributed by atoms with E-state index >= 15 is 0 Å². The molecule has 0 aliphatic rings. The Morgan fingerprint density at radius 2 is 2.17 bits per heavy atom. The molecule has 6 heteroatoms. The fraction of sp³-hybridized carbons (Fsp3) is 0.167. The van der Waals surface area contributed by atoms with Crippen molar-refractivity contribution in [1.82, 2.24) is 9.78 Å². The Morgan fingerprint density at radius 3 is 2.72 bits per heavy atom. The Balaban J connectivity index is 2.35. The summed E-state index contributed by atoms with van der Waals surface area (Å²) in [6.07, 6.45) is 3.63. The van der Waals surface area contributed by atoms with Gasteiger partial charge in [0.1, 0.15) is 5.84 Å². The first-order valence-corrected chi connectivity index (χ1v) is 5.79. The molecule has 1 heterocycles. The molecule has 18 heavy (non-hydrogen) atoms. The number of nitrogens with zero attached hydrogens (tertiary/aromatic N) is 3. The smallest absolute Gasteiger partial charge is 0.141 e. The number of rotatable bonds is 4. The lowest BCUT2D eigenvalue weighted by atomic mass is 10.0. The molecular weight excluding hydrogens is 252 g/mol. The first kappa shape index (κ1) is 12.4. The number of benzene rings is 1. The van der Waals surface area contributed by atoms with Crippen molar-refractivity contribution in [3.8, 4) is 0 Å². The Labute approximate surface area is 109 Å². The average Bonchev–Trinajstić information content (AvgIpc) is 2.83. The number of aromatic nitrogens is 2. The Bertz CT molecular complexity index is 538. The topological polar surface area (TPSA) is 76.4 Å². The van der Waals surface area contributed by atoms with Gasteiger partial charge in [-0.1, -0.05) is 47.1 Å². The Kier molecular flexibility index (Phi) is 3.84. The first-order valence-electron chi connectivity index (χ1n) is 5.41. The van der Waals surface area contributed by atoms with E-state index in [0.717, 1.165) is 5.56 Å². The molecule has 0 amide bonds. The van der Waals surface area contributed by atoms with Crippen molar-refractivity contribution in [1.29, 1.82) is 0 Å². The van der Waals surface area contributed by atoms with Crippen LogP contribution >= 0.6 is 11.6 Å². The molecule has 2 aromatic rings. The molecule has 0 bridgehead atoms. The maximum Gasteiger partial charge on any atom is 0.141 e. The van der Waals surface area contributed by atoms with Gasteiger partial charge in [-0.3, -0.25) is 4.68 Å². The van der Waals surface area contributed by atoms with Crippen LogP contribution in [0.5, 0.6) is 0 Å². The van der Waals surface area contributed by atoms with Crippen molar-refractivity contribution < 1.29 is 5.21 Å². The average molecular weight is 265 g/mol. The van der Waals surface area contributed by atoms with Crippen molar-refractivity contribution >= 4 is 17.4 Å². The van der Waals surface area contributed by atoms with E-state index in [1.165, 1.54) is 0 Å². The van der Waals surface area contributed by atoms with Crippen LogP contribution in [-0.4, -0.2) is 20.8 Å². The highest BCUT2D eigenvalue weighted by atomic mass is 35.5. The van der Waals surface area contributed by atoms with Gasteiger partial charge in [0.25, 0.3) is 0 Å². The molecule has 0 aliphatic carbocycles. The van der Waals surface area contributed by atoms with Gasteiger partial charge in [-0.05, 0) is 5.56 Å². The zero-order valence-electron chi connectivity index (χ0n) is 9.57. The lowest BCUT2D eigenvalue weighted by Gasteiger charge is -2.17. The van der Waals surface area contributed by atoms with Crippen LogP contribution in [0.2, 0.25) is 5.02 Å². The van der Waals surface area contributed by atoms with E-state index in [4.69, 9.17) is 22.5 Å². The number of amidine groups is 1. The van der Waals surface area contributed by atoms with E-state index in [9.17, 15) is 0 Å². The summed E-state index contributed by atoms with van der Waals surface area (Å²) in [4.78, 5) is 0. The lowest BCUT2D eigenvalue weighted by Crippen LogP contribution is -2.21. The number of oxime groups is 1. The fourth-order valence-electron chi connectivity index (χ4n) is 1.76. The molecule has 0 spiro atoms. The third kappa shape index (κ3) is 2.81. The van der Waals surface area contributed by atoms with Gasteiger partial charge in [-0.25, -0.2) is 0 Å². The van der Waals surface area contributed by atoms with Gasteiger partial charge in [-0.2, -0.15) is 5.10 Å². The summed E-state index contributed by atoms with van der Waals surface area (Å²) in [5.41, 5.74) is 6.60. The van der Waals surface area contributed by atoms with Crippen LogP contribution in [0, 0.1) is 0 Å². The van der Waals surface area contributed by atoms with Gasteiger partial charge in [0.05, 0.1) is 17.3 Å². The van der Waals surface area contributed by atoms with Gasteiger partial charge in [0.2, 0.25) is 0 Å². The summed E-state index contributed by atoms with van der Waals surface area (Å²) in [6.45, 7) is 0. The van der Waals surface area contributed by atoms with E-state index < -0.39 is 0 Å². The van der Waals surface area contributed by atoms with E-state index in [1.54, 1.807) is 17.1 Å². The molecule has 0 saturated heterocycles. The van der Waals surface area contributed by atoms with Crippen molar-refractivity contribution in [2.45, 2.75) is 12.5 Å². The highest BCUT2D eigenvalue weighted by Crippen LogP contribution is 2.22. The van der Waals surface area contributed by atoms with Crippen molar-refractivity contribution in [2.75, 3.05) is 0 Å². The predicted octanol–water partition coefficient (Wildman–Crippen LogP) is 2.26. The number of nitrogens with two attached hydrogens (primary N) is 1. The maximum absolute atomic E-state index is 8.69. The summed E-state index contributed by atoms with van der Waals surface area (Å²) in [5, 5.41) is 16.4. The summed E-state index contributed by atoms with van der Waals surface area (Å²) in [5.74, 6) is 0.149. The molecule has 2 rings (SSSR count). The van der Waals surface area contributed by atoms with E-state index in [-0.39, 0.29) is 11.9 Å². The van der Waals surface area contributed by atoms with Gasteiger partial charge < -0.3 is 10.9 Å². The quantitative estimate of drug-likeness (QED) is 0.385. The number of hydrogen-bond acceptors (Lipinski definition) is 3. The van der Waals surface area contributed by atoms with Crippen LogP contribution in [-0.2, 0) is 0 Å². The molecule has 0 fully saturated rings. The second kappa shape index (κ2) is 5.55. The predicted molar refractivity (Wildman–Crippen MR) is 69.8 cm³/mol. The van der Waals surface area contributed by atoms with E-state index in [1.807, 2.05) is 30.3 Å². The van der Waals surface area contributed by atoms with Crippen LogP contribution in [0.1, 0.15) is 18.0 Å². The molecule has 1 aromatic heterocycles. The highest BCUT2D eigenvalue weighted by Gasteiger charge is 2.16. The Morgan fingerprint density at radius 1 is 1.44 bits per heavy atom. The van der Waals surface area contributed by atoms with Crippen molar-refractivity contribution in [3.63, 3.8) is 0 Å². The molecule has 1 atom stereocenters. The molecule has 1 unspecified atom stereocenters. The summed E-state index contributed by atoms with van der Waals surface area (Å²) >= 11 is 5.87. The Hall–Kier alpha value is -2.01. The van der Waals surface area contributed by atoms with Gasteiger partial charge in [0, 0.05) is 12.6 Å². The van der Waals surface area contributed by atoms with Crippen LogP contribution in [0.4, 0.5) is 0 Å². The van der Waals surface area contributed by atoms with Gasteiger partial charge in [0.15, 0.2) is 0 Å². The molecule has 0 radical (unpaired) electrons. The monoisotopic (exact) mass is 264 g/mol. The molecule has 94 valence electrons. The maximum atomic E-state index is 8.69. The third-order valence-electron chi connectivity index (χ3n) is 2.60. The van der Waals surface area contributed by atoms with E-state index in [2.05, 4.69) is 10.3 Å². The largest absolute Gasteiger partial charge is 0.409 e. The van der Waals surface area contributed by atoms with Gasteiger partial charge >= 0.3 is 0 Å². The van der Waals surface area contributed by atoms with Crippen LogP contribution < -0.4 is 5.73 Å².